The van der Waals surface area contributed by atoms with Gasteiger partial charge in [-0.1, -0.05) is 11.3 Å². The summed E-state index contributed by atoms with van der Waals surface area (Å²) in [5.41, 5.74) is 1.18. The third-order valence-corrected chi connectivity index (χ3v) is 4.88. The fourth-order valence-corrected chi connectivity index (χ4v) is 3.71. The monoisotopic (exact) mass is 351 g/mol. The molecule has 0 radical (unpaired) electrons. The average molecular weight is 352 g/mol. The number of aromatic nitrogens is 4. The maximum Gasteiger partial charge on any atom is 0.268 e. The van der Waals surface area contributed by atoms with E-state index < -0.39 is 0 Å². The lowest BCUT2D eigenvalue weighted by molar-refractivity contribution is 0.103. The van der Waals surface area contributed by atoms with E-state index in [0.29, 0.717) is 10.7 Å². The van der Waals surface area contributed by atoms with Crippen LogP contribution in [0.1, 0.15) is 21.8 Å². The van der Waals surface area contributed by atoms with Crippen LogP contribution >= 0.6 is 27.3 Å². The average Bonchev–Trinajstić information content (AvgIpc) is 3.11. The van der Waals surface area contributed by atoms with E-state index in [-0.39, 0.29) is 5.91 Å². The highest BCUT2D eigenvalue weighted by Gasteiger charge is 2.17. The maximum absolute atomic E-state index is 12.2. The van der Waals surface area contributed by atoms with Crippen molar-refractivity contribution in [1.29, 1.82) is 0 Å². The Morgan fingerprint density at radius 2 is 2.40 bits per heavy atom. The summed E-state index contributed by atoms with van der Waals surface area (Å²) in [6, 6.07) is 1.94. The Morgan fingerprint density at radius 3 is 3.20 bits per heavy atom. The number of carbonyl (C=O) groups excluding carboxylic acids is 1. The van der Waals surface area contributed by atoms with E-state index in [1.54, 1.807) is 12.4 Å². The van der Waals surface area contributed by atoms with Crippen LogP contribution in [0.4, 0.5) is 5.82 Å². The second kappa shape index (κ2) is 4.42. The number of nitrogens with one attached hydrogen (secondary N) is 1. The van der Waals surface area contributed by atoms with Crippen LogP contribution in [0.15, 0.2) is 23.1 Å². The molecule has 3 aromatic heterocycles. The molecular formula is C12H10BrN5OS. The third kappa shape index (κ3) is 1.87. The van der Waals surface area contributed by atoms with Crippen molar-refractivity contribution in [3.05, 3.63) is 33.6 Å². The number of anilines is 1. The number of carbonyl (C=O) groups is 1. The summed E-state index contributed by atoms with van der Waals surface area (Å²) in [4.78, 5) is 17.8. The highest BCUT2D eigenvalue weighted by molar-refractivity contribution is 9.10. The number of hydrogen-bond acceptors (Lipinski definition) is 4. The molecule has 4 heterocycles. The molecule has 20 heavy (non-hydrogen) atoms. The Balaban J connectivity index is 1.59. The standard InChI is InChI=1S/C12H10BrN5OS/c13-9-5-14-12-17(9)6-8(20-12)11(19)15-10-4-7-2-1-3-18(7)16-10/h4-6H,1-3H2,(H,15,16,19). The van der Waals surface area contributed by atoms with Gasteiger partial charge in [0, 0.05) is 24.5 Å². The lowest BCUT2D eigenvalue weighted by atomic mass is 10.3. The van der Waals surface area contributed by atoms with Crippen molar-refractivity contribution < 1.29 is 4.79 Å². The maximum atomic E-state index is 12.2. The minimum atomic E-state index is -0.149. The summed E-state index contributed by atoms with van der Waals surface area (Å²) in [5.74, 6) is 0.471. The Labute approximate surface area is 126 Å². The Morgan fingerprint density at radius 1 is 1.50 bits per heavy atom. The zero-order chi connectivity index (χ0) is 13.7. The summed E-state index contributed by atoms with van der Waals surface area (Å²) in [5, 5.41) is 7.21. The van der Waals surface area contributed by atoms with E-state index in [9.17, 15) is 4.79 Å². The molecule has 0 aliphatic carbocycles. The van der Waals surface area contributed by atoms with E-state index in [4.69, 9.17) is 0 Å². The van der Waals surface area contributed by atoms with Gasteiger partial charge >= 0.3 is 0 Å². The van der Waals surface area contributed by atoms with Crippen molar-refractivity contribution >= 4 is 44.0 Å². The van der Waals surface area contributed by atoms with Crippen LogP contribution in [0.25, 0.3) is 4.96 Å². The molecule has 6 nitrogen and oxygen atoms in total. The summed E-state index contributed by atoms with van der Waals surface area (Å²) in [6.07, 6.45) is 5.65. The predicted molar refractivity (Wildman–Crippen MR) is 79.3 cm³/mol. The fraction of sp³-hybridized carbons (Fsp3) is 0.250. The lowest BCUT2D eigenvalue weighted by Crippen LogP contribution is -2.11. The zero-order valence-corrected chi connectivity index (χ0v) is 12.7. The first-order valence-corrected chi connectivity index (χ1v) is 7.82. The normalized spacial score (nSPS) is 13.8. The van der Waals surface area contributed by atoms with Gasteiger partial charge in [-0.3, -0.25) is 13.9 Å². The van der Waals surface area contributed by atoms with E-state index in [1.807, 2.05) is 15.1 Å². The number of fused-ring (bicyclic) bond motifs is 2. The summed E-state index contributed by atoms with van der Waals surface area (Å²) in [6.45, 7) is 0.935. The molecule has 0 unspecified atom stereocenters. The molecule has 0 aromatic carbocycles. The Bertz CT molecular complexity index is 796. The van der Waals surface area contributed by atoms with Gasteiger partial charge in [-0.2, -0.15) is 5.10 Å². The first-order valence-electron chi connectivity index (χ1n) is 6.21. The van der Waals surface area contributed by atoms with Gasteiger partial charge in [-0.15, -0.1) is 0 Å². The zero-order valence-electron chi connectivity index (χ0n) is 10.3. The van der Waals surface area contributed by atoms with Gasteiger partial charge in [-0.05, 0) is 28.8 Å². The van der Waals surface area contributed by atoms with Gasteiger partial charge < -0.3 is 5.32 Å². The Kier molecular flexibility index (Phi) is 2.67. The van der Waals surface area contributed by atoms with Crippen molar-refractivity contribution in [3.63, 3.8) is 0 Å². The molecule has 4 rings (SSSR count). The minimum Gasteiger partial charge on any atom is -0.304 e. The van der Waals surface area contributed by atoms with E-state index in [2.05, 4.69) is 31.3 Å². The summed E-state index contributed by atoms with van der Waals surface area (Å²) in [7, 11) is 0. The largest absolute Gasteiger partial charge is 0.304 e. The Hall–Kier alpha value is -1.67. The smallest absolute Gasteiger partial charge is 0.268 e. The van der Waals surface area contributed by atoms with Crippen LogP contribution < -0.4 is 5.32 Å². The molecule has 0 saturated carbocycles. The number of hydrogen-bond donors (Lipinski definition) is 1. The molecule has 8 heteroatoms. The number of aryl methyl sites for hydroxylation is 2. The molecule has 1 amide bonds. The predicted octanol–water partition coefficient (Wildman–Crippen LogP) is 2.55. The van der Waals surface area contributed by atoms with Crippen LogP contribution in [-0.2, 0) is 13.0 Å². The van der Waals surface area contributed by atoms with Crippen LogP contribution in [0.3, 0.4) is 0 Å². The molecule has 102 valence electrons. The van der Waals surface area contributed by atoms with Crippen LogP contribution in [-0.4, -0.2) is 25.1 Å². The van der Waals surface area contributed by atoms with Gasteiger partial charge in [-0.25, -0.2) is 4.98 Å². The van der Waals surface area contributed by atoms with E-state index >= 15 is 0 Å². The van der Waals surface area contributed by atoms with Crippen LogP contribution in [0.2, 0.25) is 0 Å². The van der Waals surface area contributed by atoms with Gasteiger partial charge in [0.15, 0.2) is 10.8 Å². The van der Waals surface area contributed by atoms with Crippen molar-refractivity contribution in [3.8, 4) is 0 Å². The van der Waals surface area contributed by atoms with Crippen molar-refractivity contribution in [1.82, 2.24) is 19.2 Å². The highest BCUT2D eigenvalue weighted by atomic mass is 79.9. The quantitative estimate of drug-likeness (QED) is 0.771. The fourth-order valence-electron chi connectivity index (χ4n) is 2.36. The first kappa shape index (κ1) is 12.1. The van der Waals surface area contributed by atoms with Gasteiger partial charge in [0.25, 0.3) is 5.91 Å². The van der Waals surface area contributed by atoms with Gasteiger partial charge in [0.2, 0.25) is 0 Å². The molecule has 1 aliphatic heterocycles. The molecule has 1 N–H and O–H groups in total. The first-order chi connectivity index (χ1) is 9.70. The van der Waals surface area contributed by atoms with Gasteiger partial charge in [0.1, 0.15) is 9.48 Å². The highest BCUT2D eigenvalue weighted by Crippen LogP contribution is 2.23. The van der Waals surface area contributed by atoms with Crippen LogP contribution in [0.5, 0.6) is 0 Å². The molecule has 0 saturated heterocycles. The molecule has 3 aromatic rings. The second-order valence-corrected chi connectivity index (χ2v) is 6.45. The summed E-state index contributed by atoms with van der Waals surface area (Å²) < 4.78 is 4.63. The van der Waals surface area contributed by atoms with Crippen molar-refractivity contribution in [2.24, 2.45) is 0 Å². The number of thiazole rings is 1. The van der Waals surface area contributed by atoms with E-state index in [0.717, 1.165) is 29.0 Å². The third-order valence-electron chi connectivity index (χ3n) is 3.30. The lowest BCUT2D eigenvalue weighted by Gasteiger charge is -1.98. The molecular weight excluding hydrogens is 342 g/mol. The minimum absolute atomic E-state index is 0.149. The topological polar surface area (TPSA) is 64.2 Å². The van der Waals surface area contributed by atoms with Crippen LogP contribution in [0, 0.1) is 0 Å². The van der Waals surface area contributed by atoms with Crippen molar-refractivity contribution in [2.45, 2.75) is 19.4 Å². The molecule has 0 atom stereocenters. The second-order valence-electron chi connectivity index (χ2n) is 4.63. The molecule has 0 spiro atoms. The van der Waals surface area contributed by atoms with Crippen molar-refractivity contribution in [2.75, 3.05) is 5.32 Å². The number of amides is 1. The van der Waals surface area contributed by atoms with Gasteiger partial charge in [0.05, 0.1) is 6.20 Å². The SMILES string of the molecule is O=C(Nc1cc2n(n1)CCC2)c1cn2c(Br)cnc2s1. The van der Waals surface area contributed by atoms with E-state index in [1.165, 1.54) is 17.0 Å². The number of rotatable bonds is 2. The number of imidazole rings is 1. The number of nitrogens with zero attached hydrogens (tertiary/aromatic N) is 4. The molecule has 0 fully saturated rings. The molecule has 1 aliphatic rings. The number of halogens is 1. The molecule has 0 bridgehead atoms. The summed E-state index contributed by atoms with van der Waals surface area (Å²) >= 11 is 4.74.